The van der Waals surface area contributed by atoms with Crippen LogP contribution in [0.15, 0.2) is 18.2 Å². The highest BCUT2D eigenvalue weighted by Gasteiger charge is 2.46. The van der Waals surface area contributed by atoms with E-state index in [-0.39, 0.29) is 30.5 Å². The van der Waals surface area contributed by atoms with Crippen molar-refractivity contribution in [2.45, 2.75) is 44.2 Å². The van der Waals surface area contributed by atoms with Crippen LogP contribution in [-0.2, 0) is 14.3 Å². The Labute approximate surface area is 158 Å². The highest BCUT2D eigenvalue weighted by Crippen LogP contribution is 2.40. The van der Waals surface area contributed by atoms with Gasteiger partial charge in [-0.3, -0.25) is 14.5 Å². The quantitative estimate of drug-likeness (QED) is 0.795. The van der Waals surface area contributed by atoms with E-state index in [1.165, 1.54) is 13.5 Å². The van der Waals surface area contributed by atoms with Crippen molar-refractivity contribution in [3.63, 3.8) is 0 Å². The fourth-order valence-corrected chi connectivity index (χ4v) is 4.45. The number of anilines is 1. The molecule has 1 heterocycles. The van der Waals surface area contributed by atoms with Gasteiger partial charge in [0.1, 0.15) is 11.8 Å². The first kappa shape index (κ1) is 19.0. The summed E-state index contributed by atoms with van der Waals surface area (Å²) >= 11 is 6.02. The van der Waals surface area contributed by atoms with Gasteiger partial charge in [-0.15, -0.1) is 0 Å². The summed E-state index contributed by atoms with van der Waals surface area (Å²) in [7, 11) is 2.94. The molecule has 26 heavy (non-hydrogen) atoms. The standard InChI is InChI=1S/C19H25ClN2O4/c1-25-17-8-7-13(20)10-14(17)21-18(23)11-22-15-6-4-3-5-12(15)9-16(22)19(24)26-2/h7-8,10,12,15-16H,3-6,9,11H2,1-2H3,(H,21,23)/t12-,15-,16-/m0/s1. The van der Waals surface area contributed by atoms with Gasteiger partial charge in [0, 0.05) is 11.1 Å². The van der Waals surface area contributed by atoms with Crippen molar-refractivity contribution in [1.29, 1.82) is 0 Å². The predicted octanol–water partition coefficient (Wildman–Crippen LogP) is 3.09. The first-order chi connectivity index (χ1) is 12.5. The number of benzene rings is 1. The molecule has 0 unspecified atom stereocenters. The summed E-state index contributed by atoms with van der Waals surface area (Å²) in [6, 6.07) is 4.99. The van der Waals surface area contributed by atoms with E-state index in [1.54, 1.807) is 25.3 Å². The van der Waals surface area contributed by atoms with Crippen LogP contribution in [0.4, 0.5) is 5.69 Å². The van der Waals surface area contributed by atoms with E-state index in [4.69, 9.17) is 21.1 Å². The van der Waals surface area contributed by atoms with Crippen molar-refractivity contribution in [2.24, 2.45) is 5.92 Å². The third-order valence-corrected chi connectivity index (χ3v) is 5.69. The smallest absolute Gasteiger partial charge is 0.323 e. The lowest BCUT2D eigenvalue weighted by Gasteiger charge is -2.32. The third kappa shape index (κ3) is 3.96. The van der Waals surface area contributed by atoms with Crippen molar-refractivity contribution >= 4 is 29.2 Å². The van der Waals surface area contributed by atoms with Gasteiger partial charge in [-0.05, 0) is 43.4 Å². The summed E-state index contributed by atoms with van der Waals surface area (Å²) in [6.07, 6.45) is 5.22. The molecule has 1 amide bonds. The Morgan fingerprint density at radius 3 is 2.77 bits per heavy atom. The number of rotatable bonds is 5. The second-order valence-electron chi connectivity index (χ2n) is 6.95. The minimum atomic E-state index is -0.347. The Balaban J connectivity index is 1.73. The van der Waals surface area contributed by atoms with Gasteiger partial charge < -0.3 is 14.8 Å². The number of nitrogens with one attached hydrogen (secondary N) is 1. The van der Waals surface area contributed by atoms with Gasteiger partial charge in [-0.25, -0.2) is 0 Å². The average Bonchev–Trinajstić information content (AvgIpc) is 3.00. The van der Waals surface area contributed by atoms with E-state index in [9.17, 15) is 9.59 Å². The molecule has 1 N–H and O–H groups in total. The molecule has 1 aliphatic heterocycles. The predicted molar refractivity (Wildman–Crippen MR) is 99.5 cm³/mol. The molecule has 7 heteroatoms. The number of amides is 1. The zero-order valence-corrected chi connectivity index (χ0v) is 15.9. The average molecular weight is 381 g/mol. The van der Waals surface area contributed by atoms with Gasteiger partial charge in [0.15, 0.2) is 0 Å². The number of carbonyl (C=O) groups is 2. The number of esters is 1. The van der Waals surface area contributed by atoms with Gasteiger partial charge in [-0.2, -0.15) is 0 Å². The van der Waals surface area contributed by atoms with E-state index in [0.717, 1.165) is 25.7 Å². The molecule has 1 aliphatic carbocycles. The maximum Gasteiger partial charge on any atom is 0.323 e. The number of hydrogen-bond acceptors (Lipinski definition) is 5. The van der Waals surface area contributed by atoms with Crippen molar-refractivity contribution in [2.75, 3.05) is 26.1 Å². The Bertz CT molecular complexity index is 682. The molecule has 0 aromatic heterocycles. The second kappa shape index (κ2) is 8.27. The SMILES string of the molecule is COC(=O)[C@@H]1C[C@@H]2CCCC[C@@H]2N1CC(=O)Nc1cc(Cl)ccc1OC. The minimum Gasteiger partial charge on any atom is -0.495 e. The summed E-state index contributed by atoms with van der Waals surface area (Å²) in [5.41, 5.74) is 0.527. The summed E-state index contributed by atoms with van der Waals surface area (Å²) < 4.78 is 10.2. The van der Waals surface area contributed by atoms with Gasteiger partial charge in [0.25, 0.3) is 0 Å². The molecular formula is C19H25ClN2O4. The van der Waals surface area contributed by atoms with Crippen LogP contribution < -0.4 is 10.1 Å². The zero-order chi connectivity index (χ0) is 18.7. The molecule has 1 aromatic carbocycles. The molecule has 1 aromatic rings. The van der Waals surface area contributed by atoms with E-state index >= 15 is 0 Å². The number of likely N-dealkylation sites (tertiary alicyclic amines) is 1. The Morgan fingerprint density at radius 2 is 2.04 bits per heavy atom. The molecule has 2 fully saturated rings. The van der Waals surface area contributed by atoms with Crippen LogP contribution in [-0.4, -0.2) is 49.6 Å². The van der Waals surface area contributed by atoms with Crippen LogP contribution in [0.25, 0.3) is 0 Å². The monoisotopic (exact) mass is 380 g/mol. The van der Waals surface area contributed by atoms with Crippen LogP contribution in [0, 0.1) is 5.92 Å². The minimum absolute atomic E-state index is 0.149. The van der Waals surface area contributed by atoms with Crippen LogP contribution in [0.5, 0.6) is 5.75 Å². The lowest BCUT2D eigenvalue weighted by Crippen LogP contribution is -2.46. The lowest BCUT2D eigenvalue weighted by molar-refractivity contribution is -0.146. The fourth-order valence-electron chi connectivity index (χ4n) is 4.28. The molecule has 2 aliphatic rings. The van der Waals surface area contributed by atoms with E-state index in [0.29, 0.717) is 22.4 Å². The van der Waals surface area contributed by atoms with Crippen molar-refractivity contribution in [3.8, 4) is 5.75 Å². The number of carbonyl (C=O) groups excluding carboxylic acids is 2. The van der Waals surface area contributed by atoms with Crippen molar-refractivity contribution in [1.82, 2.24) is 4.90 Å². The third-order valence-electron chi connectivity index (χ3n) is 5.46. The first-order valence-corrected chi connectivity index (χ1v) is 9.38. The Morgan fingerprint density at radius 1 is 1.27 bits per heavy atom. The Hall–Kier alpha value is -1.79. The van der Waals surface area contributed by atoms with Crippen LogP contribution in [0.3, 0.4) is 0 Å². The van der Waals surface area contributed by atoms with Gasteiger partial charge >= 0.3 is 5.97 Å². The molecular weight excluding hydrogens is 356 g/mol. The van der Waals surface area contributed by atoms with E-state index < -0.39 is 0 Å². The maximum absolute atomic E-state index is 12.7. The summed E-state index contributed by atoms with van der Waals surface area (Å²) in [4.78, 5) is 26.9. The van der Waals surface area contributed by atoms with Crippen LogP contribution in [0.1, 0.15) is 32.1 Å². The molecule has 142 valence electrons. The number of fused-ring (bicyclic) bond motifs is 1. The molecule has 3 atom stereocenters. The van der Waals surface area contributed by atoms with Crippen LogP contribution in [0.2, 0.25) is 5.02 Å². The molecule has 0 bridgehead atoms. The highest BCUT2D eigenvalue weighted by molar-refractivity contribution is 6.31. The molecule has 0 radical (unpaired) electrons. The normalized spacial score (nSPS) is 25.4. The van der Waals surface area contributed by atoms with Gasteiger partial charge in [0.05, 0.1) is 26.5 Å². The van der Waals surface area contributed by atoms with Crippen molar-refractivity contribution in [3.05, 3.63) is 23.2 Å². The van der Waals surface area contributed by atoms with Gasteiger partial charge in [-0.1, -0.05) is 24.4 Å². The fraction of sp³-hybridized carbons (Fsp3) is 0.579. The lowest BCUT2D eigenvalue weighted by atomic mass is 9.85. The molecule has 1 saturated carbocycles. The van der Waals surface area contributed by atoms with Gasteiger partial charge in [0.2, 0.25) is 5.91 Å². The first-order valence-electron chi connectivity index (χ1n) is 9.00. The number of halogens is 1. The zero-order valence-electron chi connectivity index (χ0n) is 15.2. The van der Waals surface area contributed by atoms with Crippen LogP contribution >= 0.6 is 11.6 Å². The summed E-state index contributed by atoms with van der Waals surface area (Å²) in [5, 5.41) is 3.38. The number of nitrogens with zero attached hydrogens (tertiary/aromatic N) is 1. The number of ether oxygens (including phenoxy) is 2. The molecule has 3 rings (SSSR count). The Kier molecular flexibility index (Phi) is 6.04. The second-order valence-corrected chi connectivity index (χ2v) is 7.39. The van der Waals surface area contributed by atoms with E-state index in [1.807, 2.05) is 4.90 Å². The molecule has 1 saturated heterocycles. The summed E-state index contributed by atoms with van der Waals surface area (Å²) in [5.74, 6) is 0.559. The molecule has 6 nitrogen and oxygen atoms in total. The maximum atomic E-state index is 12.7. The number of methoxy groups -OCH3 is 2. The highest BCUT2D eigenvalue weighted by atomic mass is 35.5. The van der Waals surface area contributed by atoms with E-state index in [2.05, 4.69) is 5.32 Å². The topological polar surface area (TPSA) is 67.9 Å². The molecule has 0 spiro atoms. The van der Waals surface area contributed by atoms with Crippen molar-refractivity contribution < 1.29 is 19.1 Å². The summed E-state index contributed by atoms with van der Waals surface area (Å²) in [6.45, 7) is 0.149. The number of hydrogen-bond donors (Lipinski definition) is 1. The largest absolute Gasteiger partial charge is 0.495 e.